The maximum atomic E-state index is 9.81. The summed E-state index contributed by atoms with van der Waals surface area (Å²) in [5, 5.41) is 9.81. The molecule has 0 spiro atoms. The van der Waals surface area contributed by atoms with Crippen molar-refractivity contribution < 1.29 is 5.11 Å². The fourth-order valence-corrected chi connectivity index (χ4v) is 3.17. The minimum Gasteiger partial charge on any atom is -0.393 e. The van der Waals surface area contributed by atoms with E-state index in [2.05, 4.69) is 25.8 Å². The van der Waals surface area contributed by atoms with Crippen molar-refractivity contribution in [3.63, 3.8) is 0 Å². The zero-order chi connectivity index (χ0) is 11.1. The summed E-state index contributed by atoms with van der Waals surface area (Å²) in [5.74, 6) is 0. The van der Waals surface area contributed by atoms with Crippen LogP contribution in [0.15, 0.2) is 0 Å². The highest BCUT2D eigenvalue weighted by atomic mass is 16.3. The highest BCUT2D eigenvalue weighted by Crippen LogP contribution is 2.41. The van der Waals surface area contributed by atoms with Crippen molar-refractivity contribution in [3.8, 4) is 0 Å². The van der Waals surface area contributed by atoms with Crippen LogP contribution in [0.1, 0.15) is 52.4 Å². The molecule has 2 unspecified atom stereocenters. The molecule has 1 N–H and O–H groups in total. The van der Waals surface area contributed by atoms with E-state index >= 15 is 0 Å². The fraction of sp³-hybridized carbons (Fsp3) is 1.00. The summed E-state index contributed by atoms with van der Waals surface area (Å²) in [7, 11) is 2.26. The molecular weight excluding hydrogens is 186 g/mol. The van der Waals surface area contributed by atoms with Gasteiger partial charge in [0.1, 0.15) is 0 Å². The summed E-state index contributed by atoms with van der Waals surface area (Å²) in [5.41, 5.74) is 0.379. The Balaban J connectivity index is 2.02. The Labute approximate surface area is 93.7 Å². The fourth-order valence-electron chi connectivity index (χ4n) is 3.17. The average Bonchev–Trinajstić information content (AvgIpc) is 2.06. The van der Waals surface area contributed by atoms with Gasteiger partial charge in [-0.05, 0) is 44.6 Å². The van der Waals surface area contributed by atoms with Crippen molar-refractivity contribution >= 4 is 0 Å². The standard InChI is InChI=1S/C13H25NO/c1-13(2)8-7-11(15)9-12(13)14(3)10-5-4-6-10/h10-12,15H,4-9H2,1-3H3. The molecule has 0 aliphatic heterocycles. The first kappa shape index (κ1) is 11.4. The molecule has 2 fully saturated rings. The Bertz CT molecular complexity index is 223. The molecule has 88 valence electrons. The van der Waals surface area contributed by atoms with Crippen molar-refractivity contribution in [2.24, 2.45) is 5.41 Å². The van der Waals surface area contributed by atoms with E-state index in [4.69, 9.17) is 0 Å². The minimum atomic E-state index is -0.0643. The van der Waals surface area contributed by atoms with Crippen molar-refractivity contribution in [2.45, 2.75) is 70.6 Å². The number of nitrogens with zero attached hydrogens (tertiary/aromatic N) is 1. The van der Waals surface area contributed by atoms with E-state index in [1.165, 1.54) is 19.3 Å². The highest BCUT2D eigenvalue weighted by molar-refractivity contribution is 4.95. The zero-order valence-electron chi connectivity index (χ0n) is 10.4. The Hall–Kier alpha value is -0.0800. The van der Waals surface area contributed by atoms with Gasteiger partial charge >= 0.3 is 0 Å². The lowest BCUT2D eigenvalue weighted by Crippen LogP contribution is -2.53. The Morgan fingerprint density at radius 1 is 1.20 bits per heavy atom. The number of aliphatic hydroxyl groups is 1. The Morgan fingerprint density at radius 2 is 1.87 bits per heavy atom. The monoisotopic (exact) mass is 211 g/mol. The molecule has 0 amide bonds. The molecule has 0 bridgehead atoms. The second-order valence-corrected chi connectivity index (χ2v) is 6.18. The molecule has 0 saturated heterocycles. The highest BCUT2D eigenvalue weighted by Gasteiger charge is 2.40. The first-order chi connectivity index (χ1) is 7.00. The first-order valence-electron chi connectivity index (χ1n) is 6.41. The number of rotatable bonds is 2. The lowest BCUT2D eigenvalue weighted by Gasteiger charge is -2.50. The molecule has 0 heterocycles. The predicted octanol–water partition coefficient (Wildman–Crippen LogP) is 2.41. The van der Waals surface area contributed by atoms with Gasteiger partial charge in [0.2, 0.25) is 0 Å². The average molecular weight is 211 g/mol. The third-order valence-electron chi connectivity index (χ3n) is 4.66. The maximum absolute atomic E-state index is 9.81. The van der Waals surface area contributed by atoms with Gasteiger partial charge < -0.3 is 5.11 Å². The van der Waals surface area contributed by atoms with Gasteiger partial charge in [-0.2, -0.15) is 0 Å². The molecule has 2 aliphatic rings. The van der Waals surface area contributed by atoms with Crippen LogP contribution in [0.5, 0.6) is 0 Å². The summed E-state index contributed by atoms with van der Waals surface area (Å²) in [6, 6.07) is 1.37. The lowest BCUT2D eigenvalue weighted by molar-refractivity contribution is -0.0310. The van der Waals surface area contributed by atoms with E-state index in [1.54, 1.807) is 0 Å². The summed E-state index contributed by atoms with van der Waals surface area (Å²) >= 11 is 0. The van der Waals surface area contributed by atoms with Crippen LogP contribution in [0.3, 0.4) is 0 Å². The molecule has 2 nitrogen and oxygen atoms in total. The molecule has 15 heavy (non-hydrogen) atoms. The van der Waals surface area contributed by atoms with Gasteiger partial charge in [0.25, 0.3) is 0 Å². The summed E-state index contributed by atoms with van der Waals surface area (Å²) in [6.07, 6.45) is 7.17. The Kier molecular flexibility index (Phi) is 3.09. The SMILES string of the molecule is CN(C1CCC1)C1CC(O)CCC1(C)C. The molecule has 0 aromatic carbocycles. The van der Waals surface area contributed by atoms with E-state index in [1.807, 2.05) is 0 Å². The van der Waals surface area contributed by atoms with Crippen LogP contribution in [0.2, 0.25) is 0 Å². The molecule has 2 saturated carbocycles. The van der Waals surface area contributed by atoms with Gasteiger partial charge in [0.05, 0.1) is 6.10 Å². The second-order valence-electron chi connectivity index (χ2n) is 6.18. The molecular formula is C13H25NO. The van der Waals surface area contributed by atoms with Gasteiger partial charge in [-0.3, -0.25) is 4.90 Å². The summed E-state index contributed by atoms with van der Waals surface area (Å²) in [4.78, 5) is 2.55. The van der Waals surface area contributed by atoms with Crippen molar-refractivity contribution in [1.29, 1.82) is 0 Å². The molecule has 2 atom stereocenters. The van der Waals surface area contributed by atoms with E-state index in [-0.39, 0.29) is 6.10 Å². The molecule has 0 radical (unpaired) electrons. The van der Waals surface area contributed by atoms with Crippen LogP contribution in [0.4, 0.5) is 0 Å². The summed E-state index contributed by atoms with van der Waals surface area (Å²) in [6.45, 7) is 4.72. The van der Waals surface area contributed by atoms with Gasteiger partial charge in [-0.15, -0.1) is 0 Å². The van der Waals surface area contributed by atoms with E-state index < -0.39 is 0 Å². The molecule has 0 aromatic heterocycles. The smallest absolute Gasteiger partial charge is 0.0555 e. The maximum Gasteiger partial charge on any atom is 0.0555 e. The van der Waals surface area contributed by atoms with Crippen LogP contribution in [-0.2, 0) is 0 Å². The van der Waals surface area contributed by atoms with Gasteiger partial charge in [0.15, 0.2) is 0 Å². The van der Waals surface area contributed by atoms with E-state index in [9.17, 15) is 5.11 Å². The van der Waals surface area contributed by atoms with Crippen LogP contribution in [0, 0.1) is 5.41 Å². The number of hydrogen-bond acceptors (Lipinski definition) is 2. The van der Waals surface area contributed by atoms with Crippen LogP contribution in [0.25, 0.3) is 0 Å². The van der Waals surface area contributed by atoms with E-state index in [0.29, 0.717) is 11.5 Å². The lowest BCUT2D eigenvalue weighted by atomic mass is 9.70. The minimum absolute atomic E-state index is 0.0643. The number of hydrogen-bond donors (Lipinski definition) is 1. The summed E-state index contributed by atoms with van der Waals surface area (Å²) < 4.78 is 0. The van der Waals surface area contributed by atoms with Crippen LogP contribution < -0.4 is 0 Å². The molecule has 0 aromatic rings. The van der Waals surface area contributed by atoms with Crippen molar-refractivity contribution in [1.82, 2.24) is 4.90 Å². The predicted molar refractivity (Wildman–Crippen MR) is 62.8 cm³/mol. The normalized spacial score (nSPS) is 36.6. The third kappa shape index (κ3) is 2.21. The van der Waals surface area contributed by atoms with E-state index in [0.717, 1.165) is 25.3 Å². The molecule has 2 heteroatoms. The van der Waals surface area contributed by atoms with Crippen LogP contribution in [-0.4, -0.2) is 35.2 Å². The van der Waals surface area contributed by atoms with Crippen molar-refractivity contribution in [2.75, 3.05) is 7.05 Å². The molecule has 2 rings (SSSR count). The quantitative estimate of drug-likeness (QED) is 0.758. The van der Waals surface area contributed by atoms with Gasteiger partial charge in [0, 0.05) is 12.1 Å². The van der Waals surface area contributed by atoms with Gasteiger partial charge in [-0.1, -0.05) is 20.3 Å². The topological polar surface area (TPSA) is 23.5 Å². The van der Waals surface area contributed by atoms with Crippen molar-refractivity contribution in [3.05, 3.63) is 0 Å². The van der Waals surface area contributed by atoms with Gasteiger partial charge in [-0.25, -0.2) is 0 Å². The zero-order valence-corrected chi connectivity index (χ0v) is 10.4. The largest absolute Gasteiger partial charge is 0.393 e. The van der Waals surface area contributed by atoms with Crippen LogP contribution >= 0.6 is 0 Å². The number of aliphatic hydroxyl groups excluding tert-OH is 1. The third-order valence-corrected chi connectivity index (χ3v) is 4.66. The second kappa shape index (κ2) is 4.06. The Morgan fingerprint density at radius 3 is 2.40 bits per heavy atom. The molecule has 2 aliphatic carbocycles. The first-order valence-corrected chi connectivity index (χ1v) is 6.41.